The summed E-state index contributed by atoms with van der Waals surface area (Å²) in [5.41, 5.74) is 6.70. The van der Waals surface area contributed by atoms with Crippen molar-refractivity contribution in [1.82, 2.24) is 14.8 Å². The van der Waals surface area contributed by atoms with Gasteiger partial charge in [0.1, 0.15) is 6.04 Å². The van der Waals surface area contributed by atoms with Crippen LogP contribution in [-0.2, 0) is 36.8 Å². The lowest BCUT2D eigenvalue weighted by atomic mass is 9.89. The van der Waals surface area contributed by atoms with E-state index in [4.69, 9.17) is 0 Å². The van der Waals surface area contributed by atoms with Crippen LogP contribution in [0.1, 0.15) is 46.2 Å². The van der Waals surface area contributed by atoms with Gasteiger partial charge in [0, 0.05) is 37.8 Å². The van der Waals surface area contributed by atoms with E-state index in [2.05, 4.69) is 77.5 Å². The third-order valence-electron chi connectivity index (χ3n) is 9.74. The lowest BCUT2D eigenvalue weighted by Crippen LogP contribution is -2.50. The van der Waals surface area contributed by atoms with Crippen molar-refractivity contribution >= 4 is 5.91 Å². The van der Waals surface area contributed by atoms with Crippen molar-refractivity contribution in [3.63, 3.8) is 0 Å². The first-order valence-electron chi connectivity index (χ1n) is 17.7. The number of allylic oxidation sites excluding steroid dienone is 1. The molecule has 6 rings (SSSR count). The summed E-state index contributed by atoms with van der Waals surface area (Å²) in [6.07, 6.45) is 5.19. The number of alkyl halides is 3. The number of benzene rings is 4. The second-order valence-corrected chi connectivity index (χ2v) is 13.5. The number of piperidine rings is 1. The SMILES string of the molecule is Cc1ccc(CC2CCN(C(=O)[C@H](Cc3ccccc3)N(C=CCc3ccc(C(F)(F)F)cc3)Cc3ccc(-c4ccccn4)cc3)CC2)cc1. The number of likely N-dealkylation sites (tertiary alicyclic amines) is 1. The van der Waals surface area contributed by atoms with Gasteiger partial charge >= 0.3 is 6.18 Å². The van der Waals surface area contributed by atoms with E-state index in [0.29, 0.717) is 38.4 Å². The molecule has 0 aliphatic carbocycles. The van der Waals surface area contributed by atoms with E-state index in [1.807, 2.05) is 53.6 Å². The van der Waals surface area contributed by atoms with Gasteiger partial charge in [0.05, 0.1) is 11.3 Å². The normalized spacial score (nSPS) is 14.5. The minimum Gasteiger partial charge on any atom is -0.361 e. The number of carbonyl (C=O) groups excluding carboxylic acids is 1. The van der Waals surface area contributed by atoms with Crippen molar-refractivity contribution in [1.29, 1.82) is 0 Å². The fourth-order valence-electron chi connectivity index (χ4n) is 6.76. The number of amides is 1. The number of hydrogen-bond donors (Lipinski definition) is 0. The Morgan fingerprint density at radius 1 is 0.804 bits per heavy atom. The molecule has 0 radical (unpaired) electrons. The van der Waals surface area contributed by atoms with Crippen molar-refractivity contribution in [2.24, 2.45) is 5.92 Å². The van der Waals surface area contributed by atoms with Gasteiger partial charge in [-0.15, -0.1) is 0 Å². The second kappa shape index (κ2) is 16.7. The van der Waals surface area contributed by atoms with Crippen LogP contribution < -0.4 is 0 Å². The molecule has 0 unspecified atom stereocenters. The van der Waals surface area contributed by atoms with Crippen molar-refractivity contribution in [3.05, 3.63) is 173 Å². The molecule has 2 heterocycles. The quantitative estimate of drug-likeness (QED) is 0.131. The van der Waals surface area contributed by atoms with Crippen molar-refractivity contribution in [3.8, 4) is 11.3 Å². The Bertz CT molecular complexity index is 1850. The van der Waals surface area contributed by atoms with Crippen LogP contribution in [0.25, 0.3) is 11.3 Å². The van der Waals surface area contributed by atoms with Crippen LogP contribution in [0, 0.1) is 12.8 Å². The highest BCUT2D eigenvalue weighted by molar-refractivity contribution is 5.82. The maximum atomic E-state index is 14.6. The van der Waals surface area contributed by atoms with Gasteiger partial charge in [-0.2, -0.15) is 13.2 Å². The zero-order chi connectivity index (χ0) is 35.6. The Hall–Kier alpha value is -5.17. The molecule has 1 aromatic heterocycles. The highest BCUT2D eigenvalue weighted by Gasteiger charge is 2.32. The number of rotatable bonds is 12. The zero-order valence-electron chi connectivity index (χ0n) is 29.0. The number of carbonyl (C=O) groups is 1. The first kappa shape index (κ1) is 35.6. The van der Waals surface area contributed by atoms with Gasteiger partial charge in [-0.3, -0.25) is 9.78 Å². The van der Waals surface area contributed by atoms with Gasteiger partial charge in [0.15, 0.2) is 0 Å². The summed E-state index contributed by atoms with van der Waals surface area (Å²) in [7, 11) is 0. The molecule has 0 N–H and O–H groups in total. The lowest BCUT2D eigenvalue weighted by molar-refractivity contribution is -0.138. The molecule has 7 heteroatoms. The molecule has 0 bridgehead atoms. The first-order chi connectivity index (χ1) is 24.7. The summed E-state index contributed by atoms with van der Waals surface area (Å²) >= 11 is 0. The molecule has 0 spiro atoms. The van der Waals surface area contributed by atoms with Gasteiger partial charge < -0.3 is 9.80 Å². The van der Waals surface area contributed by atoms with Crippen LogP contribution in [0.4, 0.5) is 13.2 Å². The van der Waals surface area contributed by atoms with E-state index < -0.39 is 17.8 Å². The molecule has 1 fully saturated rings. The summed E-state index contributed by atoms with van der Waals surface area (Å²) in [6.45, 7) is 4.01. The summed E-state index contributed by atoms with van der Waals surface area (Å²) < 4.78 is 39.5. The molecule has 4 nitrogen and oxygen atoms in total. The molecule has 1 aliphatic rings. The fourth-order valence-corrected chi connectivity index (χ4v) is 6.76. The molecule has 4 aromatic carbocycles. The van der Waals surface area contributed by atoms with Gasteiger partial charge in [-0.05, 0) is 91.2 Å². The van der Waals surface area contributed by atoms with E-state index in [0.717, 1.165) is 59.3 Å². The second-order valence-electron chi connectivity index (χ2n) is 13.5. The summed E-state index contributed by atoms with van der Waals surface area (Å²) in [5.74, 6) is 0.624. The maximum Gasteiger partial charge on any atom is 0.416 e. The minimum absolute atomic E-state index is 0.0944. The Morgan fingerprint density at radius 3 is 2.10 bits per heavy atom. The lowest BCUT2D eigenvalue weighted by Gasteiger charge is -2.38. The topological polar surface area (TPSA) is 36.4 Å². The maximum absolute atomic E-state index is 14.6. The van der Waals surface area contributed by atoms with Gasteiger partial charge in [0.2, 0.25) is 5.91 Å². The van der Waals surface area contributed by atoms with E-state index >= 15 is 0 Å². The highest BCUT2D eigenvalue weighted by atomic mass is 19.4. The molecule has 1 atom stereocenters. The minimum atomic E-state index is -4.38. The fraction of sp³-hybridized carbons (Fsp3) is 0.273. The molecule has 262 valence electrons. The smallest absolute Gasteiger partial charge is 0.361 e. The number of hydrogen-bond acceptors (Lipinski definition) is 3. The van der Waals surface area contributed by atoms with Crippen LogP contribution in [0.5, 0.6) is 0 Å². The summed E-state index contributed by atoms with van der Waals surface area (Å²) in [5, 5.41) is 0. The predicted molar refractivity (Wildman–Crippen MR) is 198 cm³/mol. The Morgan fingerprint density at radius 2 is 1.45 bits per heavy atom. The van der Waals surface area contributed by atoms with Crippen molar-refractivity contribution in [2.75, 3.05) is 13.1 Å². The Labute approximate surface area is 299 Å². The van der Waals surface area contributed by atoms with Gasteiger partial charge in [-0.1, -0.05) is 109 Å². The van der Waals surface area contributed by atoms with Crippen LogP contribution >= 0.6 is 0 Å². The Kier molecular flexibility index (Phi) is 11.7. The summed E-state index contributed by atoms with van der Waals surface area (Å²) in [4.78, 5) is 23.2. The average molecular weight is 688 g/mol. The average Bonchev–Trinajstić information content (AvgIpc) is 3.15. The van der Waals surface area contributed by atoms with Gasteiger partial charge in [0.25, 0.3) is 0 Å². The van der Waals surface area contributed by atoms with Crippen LogP contribution in [-0.4, -0.2) is 39.8 Å². The molecular formula is C44H44F3N3O. The molecule has 51 heavy (non-hydrogen) atoms. The molecule has 5 aromatic rings. The number of halogens is 3. The van der Waals surface area contributed by atoms with Gasteiger partial charge in [-0.25, -0.2) is 0 Å². The van der Waals surface area contributed by atoms with E-state index in [9.17, 15) is 18.0 Å². The molecular weight excluding hydrogens is 643 g/mol. The highest BCUT2D eigenvalue weighted by Crippen LogP contribution is 2.29. The van der Waals surface area contributed by atoms with Crippen molar-refractivity contribution < 1.29 is 18.0 Å². The van der Waals surface area contributed by atoms with Crippen LogP contribution in [0.3, 0.4) is 0 Å². The number of nitrogens with zero attached hydrogens (tertiary/aromatic N) is 3. The number of aryl methyl sites for hydroxylation is 1. The Balaban J connectivity index is 1.24. The summed E-state index contributed by atoms with van der Waals surface area (Å²) in [6, 6.07) is 37.7. The number of aromatic nitrogens is 1. The largest absolute Gasteiger partial charge is 0.416 e. The molecule has 1 saturated heterocycles. The van der Waals surface area contributed by atoms with Crippen molar-refractivity contribution in [2.45, 2.75) is 57.8 Å². The monoisotopic (exact) mass is 687 g/mol. The molecule has 0 saturated carbocycles. The van der Waals surface area contributed by atoms with Crippen LogP contribution in [0.15, 0.2) is 140 Å². The van der Waals surface area contributed by atoms with E-state index in [-0.39, 0.29) is 5.91 Å². The predicted octanol–water partition coefficient (Wildman–Crippen LogP) is 9.73. The molecule has 1 amide bonds. The first-order valence-corrected chi connectivity index (χ1v) is 17.7. The van der Waals surface area contributed by atoms with E-state index in [1.165, 1.54) is 23.3 Å². The molecule has 1 aliphatic heterocycles. The third kappa shape index (κ3) is 9.97. The standard InChI is InChI=1S/C44H44F3N3O/c1-33-12-14-36(15-13-33)30-37-24-28-49(29-25-37)43(51)42(31-35-8-3-2-4-9-35)50(27-7-10-34-18-22-40(23-19-34)44(45,46)47)32-38-16-20-39(21-17-38)41-11-5-6-26-48-41/h2-9,11-23,26-27,37,42H,10,24-25,28-32H2,1H3/t42-/m0/s1. The van der Waals surface area contributed by atoms with Crippen LogP contribution in [0.2, 0.25) is 0 Å². The zero-order valence-corrected chi connectivity index (χ0v) is 29.0. The van der Waals surface area contributed by atoms with E-state index in [1.54, 1.807) is 6.20 Å². The number of pyridine rings is 1. The third-order valence-corrected chi connectivity index (χ3v) is 9.74.